The van der Waals surface area contributed by atoms with Crippen molar-refractivity contribution in [3.8, 4) is 0 Å². The molecule has 0 bridgehead atoms. The highest BCUT2D eigenvalue weighted by molar-refractivity contribution is 9.11. The molecule has 1 aromatic carbocycles. The van der Waals surface area contributed by atoms with E-state index >= 15 is 0 Å². The number of fused-ring (bicyclic) bond motifs is 1. The van der Waals surface area contributed by atoms with Gasteiger partial charge in [0.25, 0.3) is 0 Å². The van der Waals surface area contributed by atoms with E-state index in [-0.39, 0.29) is 11.7 Å². The Morgan fingerprint density at radius 3 is 2.84 bits per heavy atom. The summed E-state index contributed by atoms with van der Waals surface area (Å²) in [6, 6.07) is 7.24. The normalized spacial score (nSPS) is 13.3. The molecule has 0 radical (unpaired) electrons. The van der Waals surface area contributed by atoms with Gasteiger partial charge in [-0.3, -0.25) is 9.59 Å². The Hall–Kier alpha value is -1.46. The van der Waals surface area contributed by atoms with Crippen LogP contribution in [0.5, 0.6) is 0 Å². The summed E-state index contributed by atoms with van der Waals surface area (Å²) in [5.74, 6) is -0.0183. The summed E-state index contributed by atoms with van der Waals surface area (Å²) in [6.07, 6.45) is 0.351. The van der Waals surface area contributed by atoms with Crippen LogP contribution in [0.1, 0.15) is 26.4 Å². The number of hydrogen-bond donors (Lipinski definition) is 1. The van der Waals surface area contributed by atoms with Crippen LogP contribution in [0.3, 0.4) is 0 Å². The lowest BCUT2D eigenvalue weighted by Gasteiger charge is -2.02. The molecule has 1 aliphatic heterocycles. The van der Waals surface area contributed by atoms with E-state index in [0.29, 0.717) is 16.9 Å². The molecule has 0 unspecified atom stereocenters. The van der Waals surface area contributed by atoms with Crippen LogP contribution in [0.4, 0.5) is 5.69 Å². The lowest BCUT2D eigenvalue weighted by Crippen LogP contribution is -2.03. The molecule has 1 N–H and O–H groups in total. The largest absolute Gasteiger partial charge is 0.326 e. The number of thiophene rings is 1. The first-order valence-electron chi connectivity index (χ1n) is 5.78. The molecule has 0 saturated heterocycles. The molecule has 3 nitrogen and oxygen atoms in total. The molecule has 0 spiro atoms. The minimum Gasteiger partial charge on any atom is -0.326 e. The minimum atomic E-state index is -0.0192. The summed E-state index contributed by atoms with van der Waals surface area (Å²) in [5, 5.41) is 2.76. The van der Waals surface area contributed by atoms with Gasteiger partial charge in [-0.05, 0) is 58.2 Å². The maximum Gasteiger partial charge on any atom is 0.228 e. The Morgan fingerprint density at radius 1 is 1.37 bits per heavy atom. The summed E-state index contributed by atoms with van der Waals surface area (Å²) < 4.78 is 0.980. The second kappa shape index (κ2) is 4.58. The number of benzene rings is 1. The number of carbonyl (C=O) groups is 2. The Morgan fingerprint density at radius 2 is 2.16 bits per heavy atom. The summed E-state index contributed by atoms with van der Waals surface area (Å²) in [5.41, 5.74) is 3.39. The Bertz CT molecular complexity index is 686. The molecule has 5 heteroatoms. The van der Waals surface area contributed by atoms with Gasteiger partial charge in [-0.15, -0.1) is 11.3 Å². The zero-order chi connectivity index (χ0) is 13.6. The molecule has 2 heterocycles. The highest BCUT2D eigenvalue weighted by Gasteiger charge is 2.20. The average molecular weight is 336 g/mol. The number of aryl methyl sites for hydroxylation is 1. The van der Waals surface area contributed by atoms with Crippen molar-refractivity contribution in [2.75, 3.05) is 5.32 Å². The smallest absolute Gasteiger partial charge is 0.228 e. The van der Waals surface area contributed by atoms with Gasteiger partial charge in [0.15, 0.2) is 0 Å². The molecule has 1 amide bonds. The number of halogens is 1. The van der Waals surface area contributed by atoms with Crippen LogP contribution in [-0.2, 0) is 11.2 Å². The summed E-state index contributed by atoms with van der Waals surface area (Å²) in [7, 11) is 0. The van der Waals surface area contributed by atoms with Gasteiger partial charge in [-0.25, -0.2) is 0 Å². The molecule has 96 valence electrons. The zero-order valence-electron chi connectivity index (χ0n) is 10.1. The van der Waals surface area contributed by atoms with Crippen LogP contribution in [0.2, 0.25) is 0 Å². The molecule has 0 fully saturated rings. The van der Waals surface area contributed by atoms with E-state index in [4.69, 9.17) is 0 Å². The molecule has 19 heavy (non-hydrogen) atoms. The molecule has 1 aromatic heterocycles. The van der Waals surface area contributed by atoms with Crippen LogP contribution in [0, 0.1) is 6.92 Å². The first-order chi connectivity index (χ1) is 9.04. The number of amides is 1. The van der Waals surface area contributed by atoms with E-state index < -0.39 is 0 Å². The predicted molar refractivity (Wildman–Crippen MR) is 79.0 cm³/mol. The maximum absolute atomic E-state index is 12.4. The molecule has 0 aliphatic carbocycles. The van der Waals surface area contributed by atoms with Crippen LogP contribution in [0.15, 0.2) is 28.1 Å². The number of anilines is 1. The molecular formula is C14H10BrNO2S. The number of ketones is 1. The Kier molecular flexibility index (Phi) is 3.03. The number of rotatable bonds is 2. The SMILES string of the molecule is Cc1cc(C(=O)c2ccc3c(c2)CC(=O)N3)sc1Br. The van der Waals surface area contributed by atoms with E-state index in [1.54, 1.807) is 18.2 Å². The summed E-state index contributed by atoms with van der Waals surface area (Å²) in [6.45, 7) is 1.96. The third-order valence-corrected chi connectivity index (χ3v) is 5.21. The van der Waals surface area contributed by atoms with E-state index in [1.807, 2.05) is 13.0 Å². The van der Waals surface area contributed by atoms with Gasteiger partial charge in [0, 0.05) is 11.3 Å². The topological polar surface area (TPSA) is 46.2 Å². The van der Waals surface area contributed by atoms with Crippen molar-refractivity contribution in [1.29, 1.82) is 0 Å². The Labute approximate surface area is 122 Å². The molecule has 3 rings (SSSR count). The number of nitrogens with one attached hydrogen (secondary N) is 1. The van der Waals surface area contributed by atoms with Crippen LogP contribution >= 0.6 is 27.3 Å². The fourth-order valence-electron chi connectivity index (χ4n) is 2.08. The van der Waals surface area contributed by atoms with Crippen LogP contribution < -0.4 is 5.32 Å². The van der Waals surface area contributed by atoms with E-state index in [2.05, 4.69) is 21.2 Å². The first-order valence-corrected chi connectivity index (χ1v) is 7.39. The third kappa shape index (κ3) is 2.24. The van der Waals surface area contributed by atoms with Crippen LogP contribution in [-0.4, -0.2) is 11.7 Å². The summed E-state index contributed by atoms with van der Waals surface area (Å²) in [4.78, 5) is 24.4. The average Bonchev–Trinajstić information content (AvgIpc) is 2.90. The fraction of sp³-hybridized carbons (Fsp3) is 0.143. The number of hydrogen-bond acceptors (Lipinski definition) is 3. The predicted octanol–water partition coefficient (Wildman–Crippen LogP) is 3.54. The van der Waals surface area contributed by atoms with Crippen molar-refractivity contribution < 1.29 is 9.59 Å². The van der Waals surface area contributed by atoms with Crippen molar-refractivity contribution in [2.45, 2.75) is 13.3 Å². The summed E-state index contributed by atoms with van der Waals surface area (Å²) >= 11 is 4.86. The van der Waals surface area contributed by atoms with Crippen molar-refractivity contribution >= 4 is 44.6 Å². The standard InChI is InChI=1S/C14H10BrNO2S/c1-7-4-11(19-14(7)15)13(18)8-2-3-10-9(5-8)6-12(17)16-10/h2-5H,6H2,1H3,(H,16,17). The highest BCUT2D eigenvalue weighted by atomic mass is 79.9. The monoisotopic (exact) mass is 335 g/mol. The lowest BCUT2D eigenvalue weighted by molar-refractivity contribution is -0.115. The van der Waals surface area contributed by atoms with E-state index in [9.17, 15) is 9.59 Å². The fourth-order valence-corrected chi connectivity index (χ4v) is 3.58. The molecule has 1 aliphatic rings. The van der Waals surface area contributed by atoms with Gasteiger partial charge in [0.1, 0.15) is 0 Å². The van der Waals surface area contributed by atoms with Gasteiger partial charge < -0.3 is 5.32 Å². The Balaban J connectivity index is 1.97. The second-order valence-corrected chi connectivity index (χ2v) is 6.86. The van der Waals surface area contributed by atoms with Crippen molar-refractivity contribution in [3.05, 3.63) is 49.6 Å². The minimum absolute atomic E-state index is 0.000879. The maximum atomic E-state index is 12.4. The molecule has 2 aromatic rings. The highest BCUT2D eigenvalue weighted by Crippen LogP contribution is 2.30. The van der Waals surface area contributed by atoms with Gasteiger partial charge in [0.2, 0.25) is 11.7 Å². The molecule has 0 saturated carbocycles. The van der Waals surface area contributed by atoms with E-state index in [1.165, 1.54) is 11.3 Å². The van der Waals surface area contributed by atoms with Gasteiger partial charge in [-0.1, -0.05) is 0 Å². The van der Waals surface area contributed by atoms with Gasteiger partial charge >= 0.3 is 0 Å². The quantitative estimate of drug-likeness (QED) is 0.853. The molecular weight excluding hydrogens is 326 g/mol. The lowest BCUT2D eigenvalue weighted by atomic mass is 10.0. The van der Waals surface area contributed by atoms with Crippen molar-refractivity contribution in [3.63, 3.8) is 0 Å². The second-order valence-electron chi connectivity index (χ2n) is 4.49. The van der Waals surface area contributed by atoms with Gasteiger partial charge in [0.05, 0.1) is 15.1 Å². The van der Waals surface area contributed by atoms with Crippen molar-refractivity contribution in [2.24, 2.45) is 0 Å². The zero-order valence-corrected chi connectivity index (χ0v) is 12.5. The van der Waals surface area contributed by atoms with Gasteiger partial charge in [-0.2, -0.15) is 0 Å². The van der Waals surface area contributed by atoms with Crippen LogP contribution in [0.25, 0.3) is 0 Å². The van der Waals surface area contributed by atoms with E-state index in [0.717, 1.165) is 20.6 Å². The third-order valence-electron chi connectivity index (χ3n) is 3.07. The molecule has 0 atom stereocenters. The van der Waals surface area contributed by atoms with Crippen molar-refractivity contribution in [1.82, 2.24) is 0 Å². The first kappa shape index (κ1) is 12.6. The number of carbonyl (C=O) groups excluding carboxylic acids is 2.